The number of nitrogens with zero attached hydrogens (tertiary/aromatic N) is 2. The number of hydrogen-bond acceptors (Lipinski definition) is 4. The second kappa shape index (κ2) is 10.2. The van der Waals surface area contributed by atoms with Crippen LogP contribution in [0, 0.1) is 0 Å². The molecule has 0 aromatic heterocycles. The predicted molar refractivity (Wildman–Crippen MR) is 123 cm³/mol. The molecular formula is C25H25ClN2O3. The lowest BCUT2D eigenvalue weighted by atomic mass is 10.1. The zero-order chi connectivity index (χ0) is 21.5. The SMILES string of the molecule is O=C(c1ccccc1OCCOc1ccccc1)N1CCN(c2cccc(Cl)c2)CC1. The van der Waals surface area contributed by atoms with E-state index in [1.807, 2.05) is 83.8 Å². The molecule has 3 aromatic carbocycles. The maximum Gasteiger partial charge on any atom is 0.257 e. The molecule has 0 bridgehead atoms. The van der Waals surface area contributed by atoms with Gasteiger partial charge >= 0.3 is 0 Å². The Morgan fingerprint density at radius 1 is 0.806 bits per heavy atom. The lowest BCUT2D eigenvalue weighted by Crippen LogP contribution is -2.48. The van der Waals surface area contributed by atoms with E-state index in [4.69, 9.17) is 21.1 Å². The lowest BCUT2D eigenvalue weighted by molar-refractivity contribution is 0.0741. The van der Waals surface area contributed by atoms with Crippen molar-refractivity contribution in [2.24, 2.45) is 0 Å². The van der Waals surface area contributed by atoms with Crippen molar-refractivity contribution < 1.29 is 14.3 Å². The van der Waals surface area contributed by atoms with E-state index >= 15 is 0 Å². The van der Waals surface area contributed by atoms with Crippen LogP contribution in [0.1, 0.15) is 10.4 Å². The van der Waals surface area contributed by atoms with Crippen LogP contribution in [0.5, 0.6) is 11.5 Å². The Morgan fingerprint density at radius 2 is 1.52 bits per heavy atom. The Kier molecular flexibility index (Phi) is 6.95. The van der Waals surface area contributed by atoms with Crippen molar-refractivity contribution in [2.45, 2.75) is 0 Å². The average Bonchev–Trinajstić information content (AvgIpc) is 2.82. The molecule has 0 unspecified atom stereocenters. The van der Waals surface area contributed by atoms with E-state index in [2.05, 4.69) is 4.90 Å². The highest BCUT2D eigenvalue weighted by Gasteiger charge is 2.24. The van der Waals surface area contributed by atoms with E-state index < -0.39 is 0 Å². The van der Waals surface area contributed by atoms with Crippen molar-refractivity contribution in [3.63, 3.8) is 0 Å². The molecule has 0 spiro atoms. The monoisotopic (exact) mass is 436 g/mol. The number of halogens is 1. The van der Waals surface area contributed by atoms with Gasteiger partial charge in [-0.25, -0.2) is 0 Å². The lowest BCUT2D eigenvalue weighted by Gasteiger charge is -2.36. The van der Waals surface area contributed by atoms with Crippen LogP contribution >= 0.6 is 11.6 Å². The van der Waals surface area contributed by atoms with Gasteiger partial charge in [0.1, 0.15) is 24.7 Å². The Morgan fingerprint density at radius 3 is 2.29 bits per heavy atom. The summed E-state index contributed by atoms with van der Waals surface area (Å²) in [4.78, 5) is 17.3. The summed E-state index contributed by atoms with van der Waals surface area (Å²) >= 11 is 6.11. The highest BCUT2D eigenvalue weighted by molar-refractivity contribution is 6.30. The van der Waals surface area contributed by atoms with Crippen molar-refractivity contribution in [1.82, 2.24) is 4.90 Å². The standard InChI is InChI=1S/C25H25ClN2O3/c26-20-7-6-8-21(19-20)27-13-15-28(16-14-27)25(29)23-11-4-5-12-24(23)31-18-17-30-22-9-2-1-3-10-22/h1-12,19H,13-18H2. The number of amides is 1. The molecule has 5 nitrogen and oxygen atoms in total. The Balaban J connectivity index is 1.32. The van der Waals surface area contributed by atoms with Gasteiger partial charge in [-0.2, -0.15) is 0 Å². The third-order valence-corrected chi connectivity index (χ3v) is 5.45. The molecule has 1 amide bonds. The van der Waals surface area contributed by atoms with Gasteiger partial charge in [-0.1, -0.05) is 48.0 Å². The fourth-order valence-corrected chi connectivity index (χ4v) is 3.79. The number of ether oxygens (including phenoxy) is 2. The van der Waals surface area contributed by atoms with Gasteiger partial charge in [-0.15, -0.1) is 0 Å². The molecule has 6 heteroatoms. The molecule has 0 radical (unpaired) electrons. The fraction of sp³-hybridized carbons (Fsp3) is 0.240. The Labute approximate surface area is 187 Å². The number of para-hydroxylation sites is 2. The number of rotatable bonds is 7. The predicted octanol–water partition coefficient (Wildman–Crippen LogP) is 4.76. The van der Waals surface area contributed by atoms with Gasteiger partial charge < -0.3 is 19.3 Å². The molecule has 0 saturated carbocycles. The average molecular weight is 437 g/mol. The van der Waals surface area contributed by atoms with Crippen molar-refractivity contribution in [3.8, 4) is 11.5 Å². The Bertz CT molecular complexity index is 1000. The second-order valence-corrected chi connectivity index (χ2v) is 7.70. The van der Waals surface area contributed by atoms with E-state index in [0.29, 0.717) is 37.6 Å². The summed E-state index contributed by atoms with van der Waals surface area (Å²) in [5, 5.41) is 0.721. The summed E-state index contributed by atoms with van der Waals surface area (Å²) in [5.41, 5.74) is 1.67. The van der Waals surface area contributed by atoms with E-state index in [1.54, 1.807) is 0 Å². The zero-order valence-corrected chi connectivity index (χ0v) is 18.0. The van der Waals surface area contributed by atoms with Crippen LogP contribution in [-0.4, -0.2) is 50.2 Å². The van der Waals surface area contributed by atoms with Crippen LogP contribution in [0.15, 0.2) is 78.9 Å². The molecule has 1 heterocycles. The summed E-state index contributed by atoms with van der Waals surface area (Å²) in [5.74, 6) is 1.37. The van der Waals surface area contributed by atoms with Crippen LogP contribution in [0.4, 0.5) is 5.69 Å². The van der Waals surface area contributed by atoms with Gasteiger partial charge in [0.15, 0.2) is 0 Å². The third kappa shape index (κ3) is 5.50. The molecule has 0 N–H and O–H groups in total. The number of carbonyl (C=O) groups excluding carboxylic acids is 1. The molecule has 160 valence electrons. The third-order valence-electron chi connectivity index (χ3n) is 5.21. The summed E-state index contributed by atoms with van der Waals surface area (Å²) in [6.45, 7) is 3.60. The quantitative estimate of drug-likeness (QED) is 0.501. The van der Waals surface area contributed by atoms with Crippen LogP contribution in [-0.2, 0) is 0 Å². The Hall–Kier alpha value is -3.18. The molecule has 0 atom stereocenters. The summed E-state index contributed by atoms with van der Waals surface area (Å²) in [7, 11) is 0. The van der Waals surface area contributed by atoms with Gasteiger partial charge in [-0.3, -0.25) is 4.79 Å². The normalized spacial score (nSPS) is 13.7. The minimum Gasteiger partial charge on any atom is -0.490 e. The van der Waals surface area contributed by atoms with E-state index in [-0.39, 0.29) is 5.91 Å². The first kappa shape index (κ1) is 21.1. The molecular weight excluding hydrogens is 412 g/mol. The summed E-state index contributed by atoms with van der Waals surface area (Å²) in [6, 6.07) is 24.8. The number of anilines is 1. The van der Waals surface area contributed by atoms with E-state index in [0.717, 1.165) is 29.5 Å². The van der Waals surface area contributed by atoms with Crippen molar-refractivity contribution in [3.05, 3.63) is 89.4 Å². The minimum atomic E-state index is -0.00896. The first-order valence-electron chi connectivity index (χ1n) is 10.4. The highest BCUT2D eigenvalue weighted by atomic mass is 35.5. The van der Waals surface area contributed by atoms with Gasteiger partial charge in [0.2, 0.25) is 0 Å². The summed E-state index contributed by atoms with van der Waals surface area (Å²) < 4.78 is 11.5. The second-order valence-electron chi connectivity index (χ2n) is 7.27. The molecule has 31 heavy (non-hydrogen) atoms. The topological polar surface area (TPSA) is 42.0 Å². The molecule has 1 fully saturated rings. The number of piperazine rings is 1. The van der Waals surface area contributed by atoms with Crippen molar-refractivity contribution in [2.75, 3.05) is 44.3 Å². The van der Waals surface area contributed by atoms with Crippen molar-refractivity contribution in [1.29, 1.82) is 0 Å². The largest absolute Gasteiger partial charge is 0.490 e. The molecule has 1 saturated heterocycles. The van der Waals surface area contributed by atoms with Crippen LogP contribution in [0.3, 0.4) is 0 Å². The maximum atomic E-state index is 13.1. The van der Waals surface area contributed by atoms with E-state index in [9.17, 15) is 4.79 Å². The highest BCUT2D eigenvalue weighted by Crippen LogP contribution is 2.24. The fourth-order valence-electron chi connectivity index (χ4n) is 3.61. The smallest absolute Gasteiger partial charge is 0.257 e. The molecule has 1 aliphatic heterocycles. The molecule has 1 aliphatic rings. The molecule has 4 rings (SSSR count). The number of hydrogen-bond donors (Lipinski definition) is 0. The van der Waals surface area contributed by atoms with Gasteiger partial charge in [0, 0.05) is 36.9 Å². The first-order valence-corrected chi connectivity index (χ1v) is 10.8. The van der Waals surface area contributed by atoms with Crippen LogP contribution in [0.25, 0.3) is 0 Å². The van der Waals surface area contributed by atoms with Crippen molar-refractivity contribution >= 4 is 23.2 Å². The van der Waals surface area contributed by atoms with Crippen LogP contribution in [0.2, 0.25) is 5.02 Å². The van der Waals surface area contributed by atoms with Gasteiger partial charge in [0.05, 0.1) is 5.56 Å². The van der Waals surface area contributed by atoms with E-state index in [1.165, 1.54) is 0 Å². The zero-order valence-electron chi connectivity index (χ0n) is 17.2. The van der Waals surface area contributed by atoms with Gasteiger partial charge in [0.25, 0.3) is 5.91 Å². The number of carbonyl (C=O) groups is 1. The minimum absolute atomic E-state index is 0.00896. The number of benzene rings is 3. The molecule has 3 aromatic rings. The first-order chi connectivity index (χ1) is 15.2. The van der Waals surface area contributed by atoms with Crippen LogP contribution < -0.4 is 14.4 Å². The van der Waals surface area contributed by atoms with Gasteiger partial charge in [-0.05, 0) is 42.5 Å². The molecule has 0 aliphatic carbocycles. The maximum absolute atomic E-state index is 13.1. The summed E-state index contributed by atoms with van der Waals surface area (Å²) in [6.07, 6.45) is 0.